The molecule has 2 N–H and O–H groups in total. The van der Waals surface area contributed by atoms with Gasteiger partial charge in [-0.1, -0.05) is 12.1 Å². The first-order valence-corrected chi connectivity index (χ1v) is 14.2. The van der Waals surface area contributed by atoms with Crippen molar-refractivity contribution in [2.75, 3.05) is 68.9 Å². The number of sulfone groups is 1. The predicted molar refractivity (Wildman–Crippen MR) is 145 cm³/mol. The van der Waals surface area contributed by atoms with Crippen LogP contribution < -0.4 is 15.5 Å². The molecule has 0 spiro atoms. The summed E-state index contributed by atoms with van der Waals surface area (Å²) in [5.74, 6) is 0.368. The van der Waals surface area contributed by atoms with Crippen molar-refractivity contribution in [1.29, 1.82) is 0 Å². The summed E-state index contributed by atoms with van der Waals surface area (Å²) in [7, 11) is -0.334. The number of aromatic nitrogens is 2. The molecule has 1 atom stereocenters. The van der Waals surface area contributed by atoms with Crippen LogP contribution in [0.3, 0.4) is 0 Å². The van der Waals surface area contributed by atoms with E-state index in [1.807, 2.05) is 17.9 Å². The first-order valence-electron chi connectivity index (χ1n) is 12.3. The number of anilines is 3. The molecule has 1 fully saturated rings. The summed E-state index contributed by atoms with van der Waals surface area (Å²) in [6.07, 6.45) is 0.675. The van der Waals surface area contributed by atoms with Crippen LogP contribution >= 0.6 is 0 Å². The lowest BCUT2D eigenvalue weighted by molar-refractivity contribution is -0.0914. The highest BCUT2D eigenvalue weighted by Crippen LogP contribution is 2.33. The molecule has 2 heterocycles. The molecule has 38 heavy (non-hydrogen) atoms. The molecule has 0 bridgehead atoms. The topological polar surface area (TPSA) is 115 Å². The Labute approximate surface area is 222 Å². The van der Waals surface area contributed by atoms with E-state index in [0.29, 0.717) is 54.3 Å². The van der Waals surface area contributed by atoms with Gasteiger partial charge in [0.25, 0.3) is 0 Å². The van der Waals surface area contributed by atoms with Gasteiger partial charge in [0.2, 0.25) is 5.95 Å². The lowest BCUT2D eigenvalue weighted by atomic mass is 10.0. The number of morpholine rings is 1. The Balaban J connectivity index is 1.77. The SMILES string of the molecule is COC(CNc1nc(N[C@H](C)c2cccc(S(C)(=O)=O)c2C)c2cc(N3CCOCC3)c(F)cc2n1)OC. The normalized spacial score (nSPS) is 15.2. The predicted octanol–water partition coefficient (Wildman–Crippen LogP) is 3.52. The lowest BCUT2D eigenvalue weighted by Gasteiger charge is -2.29. The number of methoxy groups -OCH3 is 2. The standard InChI is InChI=1S/C26H34FN5O5S/c1-16-18(7-6-8-23(16)38(5,33)34)17(2)29-25-19-13-22(32-9-11-37-12-10-32)20(27)14-21(19)30-26(31-25)28-15-24(35-3)36-4/h6-8,13-14,17,24H,9-12,15H2,1-5H3,(H2,28,29,30,31)/t17-/m1/s1. The quantitative estimate of drug-likeness (QED) is 0.365. The minimum atomic E-state index is -3.39. The Bertz CT molecular complexity index is 1390. The zero-order valence-corrected chi connectivity index (χ0v) is 23.1. The van der Waals surface area contributed by atoms with Crippen LogP contribution in [0.1, 0.15) is 24.1 Å². The average Bonchev–Trinajstić information content (AvgIpc) is 2.88. The summed E-state index contributed by atoms with van der Waals surface area (Å²) >= 11 is 0. The number of hydrogen-bond donors (Lipinski definition) is 2. The van der Waals surface area contributed by atoms with Crippen LogP contribution in [-0.4, -0.2) is 78.0 Å². The van der Waals surface area contributed by atoms with Gasteiger partial charge in [-0.2, -0.15) is 4.98 Å². The number of nitrogens with one attached hydrogen (secondary N) is 2. The molecule has 206 valence electrons. The Kier molecular flexibility index (Phi) is 8.66. The maximum Gasteiger partial charge on any atom is 0.225 e. The zero-order valence-electron chi connectivity index (χ0n) is 22.2. The number of ether oxygens (including phenoxy) is 3. The summed E-state index contributed by atoms with van der Waals surface area (Å²) in [5.41, 5.74) is 2.34. The molecule has 0 amide bonds. The van der Waals surface area contributed by atoms with E-state index in [0.717, 1.165) is 5.56 Å². The Morgan fingerprint density at radius 2 is 1.87 bits per heavy atom. The highest BCUT2D eigenvalue weighted by atomic mass is 32.2. The van der Waals surface area contributed by atoms with Crippen LogP contribution in [0.15, 0.2) is 35.2 Å². The van der Waals surface area contributed by atoms with Crippen LogP contribution in [0.4, 0.5) is 21.8 Å². The molecular weight excluding hydrogens is 513 g/mol. The van der Waals surface area contributed by atoms with Crippen molar-refractivity contribution in [3.63, 3.8) is 0 Å². The van der Waals surface area contributed by atoms with E-state index < -0.39 is 16.1 Å². The second-order valence-electron chi connectivity index (χ2n) is 9.21. The van der Waals surface area contributed by atoms with E-state index in [1.165, 1.54) is 26.5 Å². The molecule has 0 aliphatic carbocycles. The molecule has 0 saturated carbocycles. The summed E-state index contributed by atoms with van der Waals surface area (Å²) in [6.45, 7) is 6.19. The molecule has 0 unspecified atom stereocenters. The summed E-state index contributed by atoms with van der Waals surface area (Å²) in [5, 5.41) is 7.14. The Hall–Kier alpha value is -3.06. The average molecular weight is 548 g/mol. The number of halogens is 1. The number of benzene rings is 2. The molecule has 3 aromatic rings. The van der Waals surface area contributed by atoms with Crippen molar-refractivity contribution in [3.8, 4) is 0 Å². The van der Waals surface area contributed by atoms with Gasteiger partial charge in [-0.15, -0.1) is 0 Å². The second-order valence-corrected chi connectivity index (χ2v) is 11.2. The molecule has 4 rings (SSSR count). The van der Waals surface area contributed by atoms with Crippen molar-refractivity contribution < 1.29 is 27.0 Å². The van der Waals surface area contributed by atoms with Crippen molar-refractivity contribution in [3.05, 3.63) is 47.3 Å². The molecule has 0 radical (unpaired) electrons. The number of nitrogens with zero attached hydrogens (tertiary/aromatic N) is 3. The fourth-order valence-electron chi connectivity index (χ4n) is 4.60. The largest absolute Gasteiger partial charge is 0.378 e. The van der Waals surface area contributed by atoms with Crippen molar-refractivity contribution >= 4 is 38.2 Å². The lowest BCUT2D eigenvalue weighted by Crippen LogP contribution is -2.36. The molecule has 1 aliphatic heterocycles. The molecule has 10 nitrogen and oxygen atoms in total. The van der Waals surface area contributed by atoms with Gasteiger partial charge in [0.15, 0.2) is 16.1 Å². The van der Waals surface area contributed by atoms with E-state index in [4.69, 9.17) is 19.2 Å². The first kappa shape index (κ1) is 28.0. The third kappa shape index (κ3) is 6.15. The summed E-state index contributed by atoms with van der Waals surface area (Å²) in [4.78, 5) is 11.4. The molecule has 12 heteroatoms. The van der Waals surface area contributed by atoms with Gasteiger partial charge < -0.3 is 29.7 Å². The van der Waals surface area contributed by atoms with E-state index in [1.54, 1.807) is 25.1 Å². The van der Waals surface area contributed by atoms with Crippen LogP contribution in [0, 0.1) is 12.7 Å². The minimum Gasteiger partial charge on any atom is -0.378 e. The van der Waals surface area contributed by atoms with Crippen molar-refractivity contribution in [1.82, 2.24) is 9.97 Å². The first-order chi connectivity index (χ1) is 18.1. The van der Waals surface area contributed by atoms with Gasteiger partial charge in [-0.25, -0.2) is 17.8 Å². The fraction of sp³-hybridized carbons (Fsp3) is 0.462. The third-order valence-corrected chi connectivity index (χ3v) is 7.86. The Morgan fingerprint density at radius 3 is 2.53 bits per heavy atom. The maximum atomic E-state index is 15.2. The van der Waals surface area contributed by atoms with Gasteiger partial charge in [-0.3, -0.25) is 0 Å². The molecule has 1 aromatic heterocycles. The Morgan fingerprint density at radius 1 is 1.16 bits per heavy atom. The third-order valence-electron chi connectivity index (χ3n) is 6.61. The monoisotopic (exact) mass is 547 g/mol. The van der Waals surface area contributed by atoms with Crippen LogP contribution in [0.2, 0.25) is 0 Å². The number of hydrogen-bond acceptors (Lipinski definition) is 10. The van der Waals surface area contributed by atoms with Gasteiger partial charge in [0.1, 0.15) is 11.6 Å². The van der Waals surface area contributed by atoms with Crippen LogP contribution in [-0.2, 0) is 24.0 Å². The smallest absolute Gasteiger partial charge is 0.225 e. The zero-order chi connectivity index (χ0) is 27.4. The van der Waals surface area contributed by atoms with E-state index in [-0.39, 0.29) is 29.2 Å². The molecular formula is C26H34FN5O5S. The molecule has 1 aliphatic rings. The van der Waals surface area contributed by atoms with Crippen LogP contribution in [0.5, 0.6) is 0 Å². The molecule has 1 saturated heterocycles. The van der Waals surface area contributed by atoms with E-state index in [2.05, 4.69) is 15.6 Å². The van der Waals surface area contributed by atoms with Gasteiger partial charge in [0, 0.05) is 45.0 Å². The van der Waals surface area contributed by atoms with Crippen molar-refractivity contribution in [2.45, 2.75) is 31.1 Å². The maximum absolute atomic E-state index is 15.2. The van der Waals surface area contributed by atoms with E-state index in [9.17, 15) is 8.42 Å². The van der Waals surface area contributed by atoms with Crippen LogP contribution in [0.25, 0.3) is 10.9 Å². The van der Waals surface area contributed by atoms with Gasteiger partial charge in [0.05, 0.1) is 41.9 Å². The van der Waals surface area contributed by atoms with E-state index >= 15 is 4.39 Å². The summed E-state index contributed by atoms with van der Waals surface area (Å²) < 4.78 is 55.7. The summed E-state index contributed by atoms with van der Waals surface area (Å²) in [6, 6.07) is 8.05. The minimum absolute atomic E-state index is 0.270. The van der Waals surface area contributed by atoms with Crippen molar-refractivity contribution in [2.24, 2.45) is 0 Å². The number of fused-ring (bicyclic) bond motifs is 1. The van der Waals surface area contributed by atoms with Gasteiger partial charge in [-0.05, 0) is 37.1 Å². The second kappa shape index (κ2) is 11.8. The molecule has 2 aromatic carbocycles. The van der Waals surface area contributed by atoms with Gasteiger partial charge >= 0.3 is 0 Å². The fourth-order valence-corrected chi connectivity index (χ4v) is 5.60. The highest BCUT2D eigenvalue weighted by Gasteiger charge is 2.21. The highest BCUT2D eigenvalue weighted by molar-refractivity contribution is 7.90. The number of rotatable bonds is 10.